The van der Waals surface area contributed by atoms with E-state index in [9.17, 15) is 9.59 Å². The lowest BCUT2D eigenvalue weighted by Gasteiger charge is -2.18. The molecule has 2 heteroatoms. The molecule has 0 bridgehead atoms. The van der Waals surface area contributed by atoms with Gasteiger partial charge in [0.2, 0.25) is 0 Å². The number of Topliss-reactive ketones (excluding diaryl/α,β-unsaturated/α-hetero) is 2. The van der Waals surface area contributed by atoms with Crippen LogP contribution in [0.3, 0.4) is 0 Å². The van der Waals surface area contributed by atoms with E-state index in [1.165, 1.54) is 6.08 Å². The first-order valence-corrected chi connectivity index (χ1v) is 5.86. The molecular formula is C16H14O2. The summed E-state index contributed by atoms with van der Waals surface area (Å²) in [4.78, 5) is 24.7. The molecule has 0 radical (unpaired) electrons. The largest absolute Gasteiger partial charge is 0.289 e. The fourth-order valence-electron chi connectivity index (χ4n) is 2.14. The van der Waals surface area contributed by atoms with Crippen LogP contribution >= 0.6 is 0 Å². The highest BCUT2D eigenvalue weighted by Gasteiger charge is 2.30. The van der Waals surface area contributed by atoms with Crippen LogP contribution in [0.15, 0.2) is 71.4 Å². The predicted octanol–water partition coefficient (Wildman–Crippen LogP) is 3.01. The second kappa shape index (κ2) is 4.96. The smallest absolute Gasteiger partial charge is 0.194 e. The molecule has 0 aromatic heterocycles. The zero-order valence-electron chi connectivity index (χ0n) is 10.3. The van der Waals surface area contributed by atoms with E-state index in [2.05, 4.69) is 6.58 Å². The normalized spacial score (nSPS) is 19.6. The van der Waals surface area contributed by atoms with E-state index in [1.807, 2.05) is 19.1 Å². The Bertz CT molecular complexity index is 578. The minimum Gasteiger partial charge on any atom is -0.289 e. The first-order chi connectivity index (χ1) is 8.70. The van der Waals surface area contributed by atoms with Crippen LogP contribution < -0.4 is 0 Å². The van der Waals surface area contributed by atoms with E-state index in [0.717, 1.165) is 0 Å². The van der Waals surface area contributed by atoms with E-state index in [1.54, 1.807) is 24.3 Å². The second-order valence-electron chi connectivity index (χ2n) is 4.07. The van der Waals surface area contributed by atoms with Gasteiger partial charge in [-0.2, -0.15) is 0 Å². The van der Waals surface area contributed by atoms with Crippen LogP contribution in [0.2, 0.25) is 0 Å². The van der Waals surface area contributed by atoms with Crippen molar-refractivity contribution in [1.82, 2.24) is 0 Å². The fourth-order valence-corrected chi connectivity index (χ4v) is 2.14. The van der Waals surface area contributed by atoms with Crippen molar-refractivity contribution >= 4 is 11.6 Å². The SMILES string of the molecule is C=CC1=C(/C=C\C)C(=O)C2=C(CC=CC=C2)C1=O. The van der Waals surface area contributed by atoms with E-state index in [0.29, 0.717) is 28.7 Å². The van der Waals surface area contributed by atoms with Gasteiger partial charge in [0, 0.05) is 22.3 Å². The molecule has 0 spiro atoms. The summed E-state index contributed by atoms with van der Waals surface area (Å²) in [5, 5.41) is 0. The molecule has 0 saturated carbocycles. The van der Waals surface area contributed by atoms with E-state index >= 15 is 0 Å². The molecule has 0 atom stereocenters. The Kier molecular flexibility index (Phi) is 3.38. The summed E-state index contributed by atoms with van der Waals surface area (Å²) in [7, 11) is 0. The molecule has 0 aliphatic heterocycles. The summed E-state index contributed by atoms with van der Waals surface area (Å²) in [5.41, 5.74) is 1.90. The van der Waals surface area contributed by atoms with Crippen molar-refractivity contribution in [3.8, 4) is 0 Å². The summed E-state index contributed by atoms with van der Waals surface area (Å²) >= 11 is 0. The second-order valence-corrected chi connectivity index (χ2v) is 4.07. The number of ketones is 2. The molecule has 18 heavy (non-hydrogen) atoms. The van der Waals surface area contributed by atoms with Crippen LogP contribution in [0.1, 0.15) is 13.3 Å². The summed E-state index contributed by atoms with van der Waals surface area (Å²) in [6.45, 7) is 5.46. The van der Waals surface area contributed by atoms with Crippen LogP contribution in [0.25, 0.3) is 0 Å². The monoisotopic (exact) mass is 238 g/mol. The Morgan fingerprint density at radius 1 is 1.17 bits per heavy atom. The number of carbonyl (C=O) groups is 2. The predicted molar refractivity (Wildman–Crippen MR) is 72.0 cm³/mol. The highest BCUT2D eigenvalue weighted by atomic mass is 16.1. The average Bonchev–Trinajstić information content (AvgIpc) is 2.62. The Hall–Kier alpha value is -2.22. The first-order valence-electron chi connectivity index (χ1n) is 5.86. The summed E-state index contributed by atoms with van der Waals surface area (Å²) in [5.74, 6) is -0.193. The van der Waals surface area contributed by atoms with Crippen LogP contribution in [-0.4, -0.2) is 11.6 Å². The van der Waals surface area contributed by atoms with Crippen molar-refractivity contribution < 1.29 is 9.59 Å². The Balaban J connectivity index is 2.62. The zero-order valence-corrected chi connectivity index (χ0v) is 10.3. The minimum absolute atomic E-state index is 0.0936. The lowest BCUT2D eigenvalue weighted by molar-refractivity contribution is -0.116. The van der Waals surface area contributed by atoms with Crippen molar-refractivity contribution in [2.75, 3.05) is 0 Å². The quantitative estimate of drug-likeness (QED) is 0.693. The van der Waals surface area contributed by atoms with Gasteiger partial charge >= 0.3 is 0 Å². The highest BCUT2D eigenvalue weighted by molar-refractivity contribution is 6.28. The van der Waals surface area contributed by atoms with Crippen molar-refractivity contribution in [2.45, 2.75) is 13.3 Å². The molecule has 90 valence electrons. The third-order valence-electron chi connectivity index (χ3n) is 2.99. The van der Waals surface area contributed by atoms with E-state index in [4.69, 9.17) is 0 Å². The Morgan fingerprint density at radius 2 is 1.94 bits per heavy atom. The number of hydrogen-bond donors (Lipinski definition) is 0. The summed E-state index contributed by atoms with van der Waals surface area (Å²) in [6, 6.07) is 0. The van der Waals surface area contributed by atoms with Crippen molar-refractivity contribution in [1.29, 1.82) is 0 Å². The molecule has 0 aromatic rings. The number of hydrogen-bond acceptors (Lipinski definition) is 2. The van der Waals surface area contributed by atoms with Crippen molar-refractivity contribution in [3.05, 3.63) is 71.4 Å². The van der Waals surface area contributed by atoms with Gasteiger partial charge in [0.05, 0.1) is 0 Å². The lowest BCUT2D eigenvalue weighted by Crippen LogP contribution is -2.21. The van der Waals surface area contributed by atoms with Gasteiger partial charge < -0.3 is 0 Å². The number of rotatable bonds is 2. The molecule has 0 fully saturated rings. The number of allylic oxidation sites excluding steroid dienone is 11. The highest BCUT2D eigenvalue weighted by Crippen LogP contribution is 2.30. The van der Waals surface area contributed by atoms with Crippen molar-refractivity contribution in [2.24, 2.45) is 0 Å². The standard InChI is InChI=1S/C16H14O2/c1-3-8-12-11(4-2)15(17)13-9-6-5-7-10-14(13)16(12)18/h3-8,10H,2,9H2,1H3/b8-3-. The van der Waals surface area contributed by atoms with Crippen LogP contribution in [0, 0.1) is 0 Å². The summed E-state index contributed by atoms with van der Waals surface area (Å²) < 4.78 is 0. The van der Waals surface area contributed by atoms with Crippen LogP contribution in [-0.2, 0) is 9.59 Å². The van der Waals surface area contributed by atoms with Crippen molar-refractivity contribution in [3.63, 3.8) is 0 Å². The third kappa shape index (κ3) is 1.86. The maximum Gasteiger partial charge on any atom is 0.194 e. The van der Waals surface area contributed by atoms with Gasteiger partial charge in [-0.15, -0.1) is 0 Å². The van der Waals surface area contributed by atoms with Gasteiger partial charge in [0.25, 0.3) is 0 Å². The van der Waals surface area contributed by atoms with Gasteiger partial charge in [-0.05, 0) is 13.3 Å². The molecule has 0 amide bonds. The molecule has 0 aromatic carbocycles. The molecule has 2 aliphatic rings. The molecule has 0 saturated heterocycles. The van der Waals surface area contributed by atoms with Gasteiger partial charge in [0.15, 0.2) is 11.6 Å². The molecule has 2 nitrogen and oxygen atoms in total. The Labute approximate surface area is 106 Å². The minimum atomic E-state index is -0.0995. The molecule has 2 aliphatic carbocycles. The molecule has 0 heterocycles. The fraction of sp³-hybridized carbons (Fsp3) is 0.125. The van der Waals surface area contributed by atoms with Gasteiger partial charge in [0.1, 0.15) is 0 Å². The maximum absolute atomic E-state index is 12.4. The first kappa shape index (κ1) is 12.2. The topological polar surface area (TPSA) is 34.1 Å². The van der Waals surface area contributed by atoms with Gasteiger partial charge in [-0.25, -0.2) is 0 Å². The average molecular weight is 238 g/mol. The van der Waals surface area contributed by atoms with Gasteiger partial charge in [-0.1, -0.05) is 49.1 Å². The molecule has 0 N–H and O–H groups in total. The zero-order chi connectivity index (χ0) is 13.1. The Morgan fingerprint density at radius 3 is 2.61 bits per heavy atom. The number of carbonyl (C=O) groups excluding carboxylic acids is 2. The lowest BCUT2D eigenvalue weighted by atomic mass is 9.82. The van der Waals surface area contributed by atoms with Crippen LogP contribution in [0.5, 0.6) is 0 Å². The summed E-state index contributed by atoms with van der Waals surface area (Å²) in [6.07, 6.45) is 12.6. The third-order valence-corrected chi connectivity index (χ3v) is 2.99. The molecule has 0 unspecified atom stereocenters. The van der Waals surface area contributed by atoms with E-state index in [-0.39, 0.29) is 11.6 Å². The maximum atomic E-state index is 12.4. The van der Waals surface area contributed by atoms with Crippen LogP contribution in [0.4, 0.5) is 0 Å². The van der Waals surface area contributed by atoms with E-state index < -0.39 is 0 Å². The molecule has 2 rings (SSSR count). The van der Waals surface area contributed by atoms with Gasteiger partial charge in [-0.3, -0.25) is 9.59 Å². The molecular weight excluding hydrogens is 224 g/mol.